The van der Waals surface area contributed by atoms with Gasteiger partial charge in [0.05, 0.1) is 11.9 Å². The van der Waals surface area contributed by atoms with Crippen LogP contribution in [0.3, 0.4) is 0 Å². The first-order chi connectivity index (χ1) is 10.6. The summed E-state index contributed by atoms with van der Waals surface area (Å²) in [5, 5.41) is 13.2. The number of nitrogens with one attached hydrogen (secondary N) is 1. The van der Waals surface area contributed by atoms with Crippen LogP contribution in [-0.4, -0.2) is 51.7 Å². The highest BCUT2D eigenvalue weighted by atomic mass is 16.3. The van der Waals surface area contributed by atoms with Crippen LogP contribution < -0.4 is 5.32 Å². The van der Waals surface area contributed by atoms with E-state index in [-0.39, 0.29) is 12.1 Å². The summed E-state index contributed by atoms with van der Waals surface area (Å²) < 4.78 is 2.16. The average Bonchev–Trinajstić information content (AvgIpc) is 2.93. The molecule has 0 spiro atoms. The summed E-state index contributed by atoms with van der Waals surface area (Å²) in [4.78, 5) is 6.88. The van der Waals surface area contributed by atoms with Crippen LogP contribution >= 0.6 is 0 Å². The molecule has 1 saturated heterocycles. The number of hydrogen-bond donors (Lipinski definition) is 2. The van der Waals surface area contributed by atoms with E-state index in [9.17, 15) is 5.11 Å². The third kappa shape index (κ3) is 3.02. The van der Waals surface area contributed by atoms with E-state index in [4.69, 9.17) is 0 Å². The molecule has 22 heavy (non-hydrogen) atoms. The van der Waals surface area contributed by atoms with E-state index in [0.29, 0.717) is 0 Å². The number of fused-ring (bicyclic) bond motifs is 1. The zero-order valence-corrected chi connectivity index (χ0v) is 13.5. The molecule has 0 amide bonds. The first kappa shape index (κ1) is 15.5. The Labute approximate surface area is 132 Å². The van der Waals surface area contributed by atoms with Gasteiger partial charge in [-0.15, -0.1) is 0 Å². The first-order valence-electron chi connectivity index (χ1n) is 8.09. The summed E-state index contributed by atoms with van der Waals surface area (Å²) in [7, 11) is 2.16. The molecule has 0 aromatic carbocycles. The summed E-state index contributed by atoms with van der Waals surface area (Å²) in [5.74, 6) is 0. The average molecular weight is 302 g/mol. The highest BCUT2D eigenvalue weighted by Crippen LogP contribution is 2.25. The van der Waals surface area contributed by atoms with Crippen molar-refractivity contribution >= 4 is 5.65 Å². The SMILES string of the molecule is Cc1cccn2c(CNC3(CCO)CCN(C)CC3)cnc12. The fourth-order valence-corrected chi connectivity index (χ4v) is 3.39. The standard InChI is InChI=1S/C17H26N4O/c1-14-4-3-8-21-15(12-18-16(14)21)13-19-17(7-11-22)5-9-20(2)10-6-17/h3-4,8,12,19,22H,5-7,9-11,13H2,1-2H3. The molecule has 0 aliphatic carbocycles. The molecule has 1 aliphatic rings. The van der Waals surface area contributed by atoms with Crippen LogP contribution in [0.25, 0.3) is 5.65 Å². The maximum atomic E-state index is 9.44. The number of imidazole rings is 1. The number of rotatable bonds is 5. The van der Waals surface area contributed by atoms with E-state index >= 15 is 0 Å². The Kier molecular flexibility index (Phi) is 4.47. The summed E-state index contributed by atoms with van der Waals surface area (Å²) in [6.45, 7) is 5.28. The molecule has 3 heterocycles. The third-order valence-corrected chi connectivity index (χ3v) is 4.99. The Morgan fingerprint density at radius 3 is 2.86 bits per heavy atom. The molecule has 3 rings (SSSR count). The number of nitrogens with zero attached hydrogens (tertiary/aromatic N) is 3. The molecule has 1 fully saturated rings. The molecule has 0 unspecified atom stereocenters. The molecule has 2 aromatic rings. The number of likely N-dealkylation sites (tertiary alicyclic amines) is 1. The molecule has 0 bridgehead atoms. The monoisotopic (exact) mass is 302 g/mol. The molecular formula is C17H26N4O. The first-order valence-corrected chi connectivity index (χ1v) is 8.09. The van der Waals surface area contributed by atoms with Gasteiger partial charge < -0.3 is 19.7 Å². The number of aliphatic hydroxyl groups is 1. The summed E-state index contributed by atoms with van der Waals surface area (Å²) >= 11 is 0. The minimum absolute atomic E-state index is 0.0508. The summed E-state index contributed by atoms with van der Waals surface area (Å²) in [5.41, 5.74) is 3.45. The Bertz CT molecular complexity index is 629. The molecule has 5 heteroatoms. The smallest absolute Gasteiger partial charge is 0.139 e. The number of aromatic nitrogens is 2. The van der Waals surface area contributed by atoms with Gasteiger partial charge >= 0.3 is 0 Å². The van der Waals surface area contributed by atoms with Gasteiger partial charge in [-0.2, -0.15) is 0 Å². The number of aryl methyl sites for hydroxylation is 1. The fraction of sp³-hybridized carbons (Fsp3) is 0.588. The number of aliphatic hydroxyl groups excluding tert-OH is 1. The van der Waals surface area contributed by atoms with Gasteiger partial charge in [0.25, 0.3) is 0 Å². The van der Waals surface area contributed by atoms with Gasteiger partial charge in [-0.3, -0.25) is 0 Å². The van der Waals surface area contributed by atoms with Gasteiger partial charge in [-0.25, -0.2) is 4.98 Å². The van der Waals surface area contributed by atoms with E-state index in [1.165, 1.54) is 11.3 Å². The Morgan fingerprint density at radius 2 is 2.14 bits per heavy atom. The van der Waals surface area contributed by atoms with E-state index in [1.807, 2.05) is 6.20 Å². The van der Waals surface area contributed by atoms with Crippen molar-refractivity contribution in [1.29, 1.82) is 0 Å². The topological polar surface area (TPSA) is 52.8 Å². The minimum atomic E-state index is 0.0508. The minimum Gasteiger partial charge on any atom is -0.396 e. The van der Waals surface area contributed by atoms with Crippen LogP contribution in [0.1, 0.15) is 30.5 Å². The number of hydrogen-bond acceptors (Lipinski definition) is 4. The van der Waals surface area contributed by atoms with Crippen LogP contribution in [0.2, 0.25) is 0 Å². The van der Waals surface area contributed by atoms with Crippen molar-refractivity contribution in [2.75, 3.05) is 26.7 Å². The second kappa shape index (κ2) is 6.36. The van der Waals surface area contributed by atoms with E-state index in [2.05, 4.69) is 51.9 Å². The fourth-order valence-electron chi connectivity index (χ4n) is 3.39. The highest BCUT2D eigenvalue weighted by Gasteiger charge is 2.32. The van der Waals surface area contributed by atoms with Crippen molar-refractivity contribution in [3.05, 3.63) is 35.8 Å². The predicted octanol–water partition coefficient (Wildman–Crippen LogP) is 1.58. The van der Waals surface area contributed by atoms with Crippen molar-refractivity contribution in [3.63, 3.8) is 0 Å². The zero-order chi connectivity index (χ0) is 15.6. The molecule has 0 atom stereocenters. The second-order valence-electron chi connectivity index (χ2n) is 6.55. The summed E-state index contributed by atoms with van der Waals surface area (Å²) in [6.07, 6.45) is 7.01. The van der Waals surface area contributed by atoms with Crippen LogP contribution in [0, 0.1) is 6.92 Å². The van der Waals surface area contributed by atoms with Crippen LogP contribution in [0.5, 0.6) is 0 Å². The van der Waals surface area contributed by atoms with Gasteiger partial charge in [0.2, 0.25) is 0 Å². The van der Waals surface area contributed by atoms with Gasteiger partial charge in [0.15, 0.2) is 0 Å². The van der Waals surface area contributed by atoms with Gasteiger partial charge in [-0.05, 0) is 58.0 Å². The van der Waals surface area contributed by atoms with E-state index in [0.717, 1.165) is 44.5 Å². The van der Waals surface area contributed by atoms with Gasteiger partial charge in [-0.1, -0.05) is 6.07 Å². The van der Waals surface area contributed by atoms with Crippen LogP contribution in [0.4, 0.5) is 0 Å². The molecule has 0 saturated carbocycles. The summed E-state index contributed by atoms with van der Waals surface area (Å²) in [6, 6.07) is 4.15. The molecule has 0 radical (unpaired) electrons. The van der Waals surface area contributed by atoms with Gasteiger partial charge in [0, 0.05) is 24.9 Å². The predicted molar refractivity (Wildman–Crippen MR) is 87.9 cm³/mol. The third-order valence-electron chi connectivity index (χ3n) is 4.99. The maximum Gasteiger partial charge on any atom is 0.139 e. The quantitative estimate of drug-likeness (QED) is 0.880. The molecule has 2 N–H and O–H groups in total. The molecule has 5 nitrogen and oxygen atoms in total. The van der Waals surface area contributed by atoms with Crippen molar-refractivity contribution in [2.45, 2.75) is 38.3 Å². The van der Waals surface area contributed by atoms with Crippen molar-refractivity contribution in [2.24, 2.45) is 0 Å². The lowest BCUT2D eigenvalue weighted by Gasteiger charge is -2.41. The number of piperidine rings is 1. The van der Waals surface area contributed by atoms with Crippen LogP contribution in [0.15, 0.2) is 24.5 Å². The van der Waals surface area contributed by atoms with E-state index in [1.54, 1.807) is 0 Å². The second-order valence-corrected chi connectivity index (χ2v) is 6.55. The highest BCUT2D eigenvalue weighted by molar-refractivity contribution is 5.48. The Balaban J connectivity index is 1.75. The van der Waals surface area contributed by atoms with Gasteiger partial charge in [0.1, 0.15) is 5.65 Å². The lowest BCUT2D eigenvalue weighted by atomic mass is 9.84. The molecule has 2 aromatic heterocycles. The van der Waals surface area contributed by atoms with Crippen molar-refractivity contribution in [3.8, 4) is 0 Å². The number of pyridine rings is 1. The van der Waals surface area contributed by atoms with E-state index < -0.39 is 0 Å². The molecule has 120 valence electrons. The Hall–Kier alpha value is -1.43. The normalized spacial score (nSPS) is 18.9. The van der Waals surface area contributed by atoms with Crippen LogP contribution in [-0.2, 0) is 6.54 Å². The molecular weight excluding hydrogens is 276 g/mol. The maximum absolute atomic E-state index is 9.44. The lowest BCUT2D eigenvalue weighted by molar-refractivity contribution is 0.121. The zero-order valence-electron chi connectivity index (χ0n) is 13.5. The Morgan fingerprint density at radius 1 is 1.36 bits per heavy atom. The molecule has 1 aliphatic heterocycles. The van der Waals surface area contributed by atoms with Crippen molar-refractivity contribution in [1.82, 2.24) is 19.6 Å². The van der Waals surface area contributed by atoms with Crippen molar-refractivity contribution < 1.29 is 5.11 Å². The lowest BCUT2D eigenvalue weighted by Crippen LogP contribution is -2.52. The largest absolute Gasteiger partial charge is 0.396 e.